The van der Waals surface area contributed by atoms with Crippen molar-refractivity contribution >= 4 is 23.6 Å². The summed E-state index contributed by atoms with van der Waals surface area (Å²) < 4.78 is 2.12. The number of nitrogens with one attached hydrogen (secondary N) is 1. The van der Waals surface area contributed by atoms with Crippen LogP contribution in [0.3, 0.4) is 0 Å². The summed E-state index contributed by atoms with van der Waals surface area (Å²) in [5, 5.41) is 7.42. The van der Waals surface area contributed by atoms with Gasteiger partial charge >= 0.3 is 0 Å². The molecular weight excluding hydrogens is 218 g/mol. The van der Waals surface area contributed by atoms with Crippen molar-refractivity contribution in [3.8, 4) is 10.6 Å². The number of hydrogen-bond acceptors (Lipinski definition) is 4. The quantitative estimate of drug-likeness (QED) is 0.749. The molecule has 2 aromatic heterocycles. The van der Waals surface area contributed by atoms with Crippen molar-refractivity contribution in [2.45, 2.75) is 0 Å². The maximum absolute atomic E-state index is 11.3. The lowest BCUT2D eigenvalue weighted by Crippen LogP contribution is -2.13. The van der Waals surface area contributed by atoms with E-state index in [9.17, 15) is 4.79 Å². The van der Waals surface area contributed by atoms with Crippen LogP contribution in [0.1, 0.15) is 0 Å². The van der Waals surface area contributed by atoms with Crippen molar-refractivity contribution in [1.82, 2.24) is 14.8 Å². The minimum absolute atomic E-state index is 0.0522. The van der Waals surface area contributed by atoms with E-state index in [1.165, 1.54) is 15.9 Å². The fourth-order valence-corrected chi connectivity index (χ4v) is 1.92. The van der Waals surface area contributed by atoms with Crippen molar-refractivity contribution in [2.24, 2.45) is 7.05 Å². The standard InChI is InChI=1S/C8H7N3OS2/c1-11-3-2-5(4-6(11)12)7-9-10-8(13)14-7/h2-4H,1H3,(H,10,13). The van der Waals surface area contributed by atoms with Crippen molar-refractivity contribution < 1.29 is 0 Å². The molecule has 0 atom stereocenters. The van der Waals surface area contributed by atoms with Crippen molar-refractivity contribution in [3.63, 3.8) is 0 Å². The highest BCUT2D eigenvalue weighted by Crippen LogP contribution is 2.19. The molecule has 0 radical (unpaired) electrons. The van der Waals surface area contributed by atoms with Gasteiger partial charge in [-0.1, -0.05) is 11.3 Å². The zero-order chi connectivity index (χ0) is 10.1. The lowest BCUT2D eigenvalue weighted by Gasteiger charge is -1.97. The molecule has 0 aromatic carbocycles. The van der Waals surface area contributed by atoms with Crippen LogP contribution in [0.5, 0.6) is 0 Å². The molecule has 14 heavy (non-hydrogen) atoms. The van der Waals surface area contributed by atoms with Gasteiger partial charge < -0.3 is 4.57 Å². The minimum Gasteiger partial charge on any atom is -0.319 e. The fraction of sp³-hybridized carbons (Fsp3) is 0.125. The van der Waals surface area contributed by atoms with Crippen LogP contribution in [0.25, 0.3) is 10.6 Å². The normalized spacial score (nSPS) is 10.4. The first kappa shape index (κ1) is 9.29. The maximum Gasteiger partial charge on any atom is 0.250 e. The number of aromatic amines is 1. The topological polar surface area (TPSA) is 50.7 Å². The Morgan fingerprint density at radius 2 is 2.43 bits per heavy atom. The molecule has 6 heteroatoms. The summed E-state index contributed by atoms with van der Waals surface area (Å²) >= 11 is 6.26. The van der Waals surface area contributed by atoms with Crippen LogP contribution in [0.15, 0.2) is 23.1 Å². The smallest absolute Gasteiger partial charge is 0.250 e. The molecule has 0 aliphatic rings. The monoisotopic (exact) mass is 225 g/mol. The van der Waals surface area contributed by atoms with Gasteiger partial charge in [0.1, 0.15) is 5.01 Å². The summed E-state index contributed by atoms with van der Waals surface area (Å²) in [5.41, 5.74) is 0.745. The summed E-state index contributed by atoms with van der Waals surface area (Å²) in [7, 11) is 1.71. The summed E-state index contributed by atoms with van der Waals surface area (Å²) in [6.07, 6.45) is 1.71. The lowest BCUT2D eigenvalue weighted by atomic mass is 10.3. The second-order valence-corrected chi connectivity index (χ2v) is 4.45. The van der Waals surface area contributed by atoms with Gasteiger partial charge in [0.25, 0.3) is 5.56 Å². The molecule has 0 saturated carbocycles. The Morgan fingerprint density at radius 1 is 1.64 bits per heavy atom. The molecular formula is C8H7N3OS2. The van der Waals surface area contributed by atoms with Crippen molar-refractivity contribution in [1.29, 1.82) is 0 Å². The number of pyridine rings is 1. The number of nitrogens with zero attached hydrogens (tertiary/aromatic N) is 2. The van der Waals surface area contributed by atoms with Gasteiger partial charge in [0.05, 0.1) is 0 Å². The second-order valence-electron chi connectivity index (χ2n) is 2.78. The number of hydrogen-bond donors (Lipinski definition) is 1. The third-order valence-electron chi connectivity index (χ3n) is 1.79. The Labute approximate surface area is 88.9 Å². The number of rotatable bonds is 1. The molecule has 0 amide bonds. The van der Waals surface area contributed by atoms with E-state index in [0.717, 1.165) is 10.6 Å². The summed E-state index contributed by atoms with van der Waals surface area (Å²) in [6.45, 7) is 0. The lowest BCUT2D eigenvalue weighted by molar-refractivity contribution is 0.861. The molecule has 0 fully saturated rings. The number of H-pyrrole nitrogens is 1. The minimum atomic E-state index is -0.0522. The zero-order valence-corrected chi connectivity index (χ0v) is 8.98. The number of aromatic nitrogens is 3. The SMILES string of the molecule is Cn1ccc(-c2n[nH]c(=S)s2)cc1=O. The molecule has 0 aliphatic heterocycles. The highest BCUT2D eigenvalue weighted by atomic mass is 32.1. The first-order valence-electron chi connectivity index (χ1n) is 3.89. The first-order chi connectivity index (χ1) is 6.66. The molecule has 2 heterocycles. The van der Waals surface area contributed by atoms with Gasteiger partial charge in [-0.05, 0) is 18.3 Å². The van der Waals surface area contributed by atoms with E-state index in [-0.39, 0.29) is 5.56 Å². The Kier molecular flexibility index (Phi) is 2.30. The maximum atomic E-state index is 11.3. The van der Waals surface area contributed by atoms with E-state index >= 15 is 0 Å². The van der Waals surface area contributed by atoms with Gasteiger partial charge in [-0.2, -0.15) is 5.10 Å². The molecule has 0 aliphatic carbocycles. The Hall–Kier alpha value is -1.27. The molecule has 72 valence electrons. The van der Waals surface area contributed by atoms with Crippen LogP contribution < -0.4 is 5.56 Å². The fourth-order valence-electron chi connectivity index (χ4n) is 1.03. The Balaban J connectivity index is 2.58. The average molecular weight is 225 g/mol. The van der Waals surface area contributed by atoms with Crippen molar-refractivity contribution in [2.75, 3.05) is 0 Å². The summed E-state index contributed by atoms with van der Waals surface area (Å²) in [4.78, 5) is 11.3. The predicted molar refractivity (Wildman–Crippen MR) is 58.0 cm³/mol. The molecule has 0 saturated heterocycles. The van der Waals surface area contributed by atoms with Gasteiger partial charge in [-0.3, -0.25) is 9.89 Å². The largest absolute Gasteiger partial charge is 0.319 e. The molecule has 2 rings (SSSR count). The molecule has 0 spiro atoms. The van der Waals surface area contributed by atoms with E-state index in [1.54, 1.807) is 19.3 Å². The molecule has 1 N–H and O–H groups in total. The Bertz CT molecular complexity index is 566. The van der Waals surface area contributed by atoms with Crippen LogP contribution in [0.4, 0.5) is 0 Å². The average Bonchev–Trinajstić information content (AvgIpc) is 2.57. The van der Waals surface area contributed by atoms with E-state index < -0.39 is 0 Å². The molecule has 0 bridgehead atoms. The van der Waals surface area contributed by atoms with Crippen LogP contribution in [0.2, 0.25) is 0 Å². The van der Waals surface area contributed by atoms with E-state index in [0.29, 0.717) is 3.95 Å². The van der Waals surface area contributed by atoms with Crippen molar-refractivity contribution in [3.05, 3.63) is 32.6 Å². The molecule has 0 unspecified atom stereocenters. The predicted octanol–water partition coefficient (Wildman–Crippen LogP) is 1.57. The van der Waals surface area contributed by atoms with Gasteiger partial charge in [-0.15, -0.1) is 0 Å². The van der Waals surface area contributed by atoms with Crippen LogP contribution in [0, 0.1) is 3.95 Å². The van der Waals surface area contributed by atoms with Crippen LogP contribution in [-0.2, 0) is 7.05 Å². The van der Waals surface area contributed by atoms with Gasteiger partial charge in [0, 0.05) is 24.9 Å². The molecule has 4 nitrogen and oxygen atoms in total. The Morgan fingerprint density at radius 3 is 3.00 bits per heavy atom. The highest BCUT2D eigenvalue weighted by molar-refractivity contribution is 7.73. The highest BCUT2D eigenvalue weighted by Gasteiger charge is 2.02. The first-order valence-corrected chi connectivity index (χ1v) is 5.12. The molecule has 2 aromatic rings. The third kappa shape index (κ3) is 1.66. The van der Waals surface area contributed by atoms with Gasteiger partial charge in [0.2, 0.25) is 0 Å². The third-order valence-corrected chi connectivity index (χ3v) is 2.93. The number of aryl methyl sites for hydroxylation is 1. The van der Waals surface area contributed by atoms with E-state index in [1.807, 2.05) is 6.07 Å². The van der Waals surface area contributed by atoms with Gasteiger partial charge in [0.15, 0.2) is 3.95 Å². The summed E-state index contributed by atoms with van der Waals surface area (Å²) in [6, 6.07) is 3.38. The van der Waals surface area contributed by atoms with E-state index in [2.05, 4.69) is 10.2 Å². The van der Waals surface area contributed by atoms with Crippen LogP contribution in [-0.4, -0.2) is 14.8 Å². The van der Waals surface area contributed by atoms with Crippen LogP contribution >= 0.6 is 23.6 Å². The van der Waals surface area contributed by atoms with Gasteiger partial charge in [-0.25, -0.2) is 0 Å². The summed E-state index contributed by atoms with van der Waals surface area (Å²) in [5.74, 6) is 0. The van der Waals surface area contributed by atoms with E-state index in [4.69, 9.17) is 12.2 Å². The second kappa shape index (κ2) is 3.47. The zero-order valence-electron chi connectivity index (χ0n) is 7.35.